The maximum absolute atomic E-state index is 13.0. The van der Waals surface area contributed by atoms with E-state index in [1.165, 1.54) is 12.3 Å². The highest BCUT2D eigenvalue weighted by atomic mass is 19.4. The summed E-state index contributed by atoms with van der Waals surface area (Å²) in [4.78, 5) is 5.72. The first-order chi connectivity index (χ1) is 9.52. The number of alkyl halides is 3. The first-order valence-corrected chi connectivity index (χ1v) is 7.00. The van der Waals surface area contributed by atoms with Gasteiger partial charge in [0.15, 0.2) is 0 Å². The van der Waals surface area contributed by atoms with Crippen molar-refractivity contribution in [1.82, 2.24) is 10.3 Å². The van der Waals surface area contributed by atoms with Gasteiger partial charge >= 0.3 is 6.18 Å². The molecule has 3 nitrogen and oxygen atoms in total. The smallest absolute Gasteiger partial charge is 0.356 e. The van der Waals surface area contributed by atoms with Crippen molar-refractivity contribution in [1.29, 1.82) is 0 Å². The first-order valence-electron chi connectivity index (χ1n) is 7.00. The summed E-state index contributed by atoms with van der Waals surface area (Å²) >= 11 is 0. The SMILES string of the molecule is CCN(CC1CCNCC1)c1ncccc1C(F)(F)F. The van der Waals surface area contributed by atoms with Gasteiger partial charge in [0.1, 0.15) is 5.82 Å². The Bertz CT molecular complexity index is 428. The van der Waals surface area contributed by atoms with Gasteiger partial charge in [-0.25, -0.2) is 4.98 Å². The number of piperidine rings is 1. The van der Waals surface area contributed by atoms with Crippen molar-refractivity contribution >= 4 is 5.82 Å². The van der Waals surface area contributed by atoms with Crippen molar-refractivity contribution in [2.24, 2.45) is 5.92 Å². The zero-order valence-electron chi connectivity index (χ0n) is 11.6. The van der Waals surface area contributed by atoms with Gasteiger partial charge in [0.2, 0.25) is 0 Å². The number of pyridine rings is 1. The fraction of sp³-hybridized carbons (Fsp3) is 0.643. The van der Waals surface area contributed by atoms with Gasteiger partial charge < -0.3 is 10.2 Å². The predicted octanol–water partition coefficient (Wildman–Crippen LogP) is 2.93. The van der Waals surface area contributed by atoms with E-state index >= 15 is 0 Å². The molecule has 1 saturated heterocycles. The number of rotatable bonds is 4. The van der Waals surface area contributed by atoms with Crippen LogP contribution in [0, 0.1) is 5.92 Å². The third kappa shape index (κ3) is 3.62. The number of hydrogen-bond donors (Lipinski definition) is 1. The summed E-state index contributed by atoms with van der Waals surface area (Å²) in [7, 11) is 0. The van der Waals surface area contributed by atoms with Gasteiger partial charge in [-0.15, -0.1) is 0 Å². The number of aromatic nitrogens is 1. The predicted molar refractivity (Wildman–Crippen MR) is 72.7 cm³/mol. The van der Waals surface area contributed by atoms with E-state index in [-0.39, 0.29) is 5.82 Å². The van der Waals surface area contributed by atoms with Crippen LogP contribution < -0.4 is 10.2 Å². The summed E-state index contributed by atoms with van der Waals surface area (Å²) < 4.78 is 39.1. The van der Waals surface area contributed by atoms with Gasteiger partial charge in [-0.3, -0.25) is 0 Å². The van der Waals surface area contributed by atoms with Crippen LogP contribution in [0.3, 0.4) is 0 Å². The van der Waals surface area contributed by atoms with Crippen LogP contribution in [-0.4, -0.2) is 31.2 Å². The Morgan fingerprint density at radius 3 is 2.65 bits per heavy atom. The lowest BCUT2D eigenvalue weighted by Gasteiger charge is -2.31. The minimum Gasteiger partial charge on any atom is -0.356 e. The average Bonchev–Trinajstić information content (AvgIpc) is 2.45. The molecule has 0 atom stereocenters. The molecule has 1 fully saturated rings. The molecule has 0 aromatic carbocycles. The van der Waals surface area contributed by atoms with E-state index in [9.17, 15) is 13.2 Å². The van der Waals surface area contributed by atoms with Crippen LogP contribution in [0.4, 0.5) is 19.0 Å². The van der Waals surface area contributed by atoms with E-state index < -0.39 is 11.7 Å². The molecule has 0 spiro atoms. The Balaban J connectivity index is 2.18. The first kappa shape index (κ1) is 15.1. The summed E-state index contributed by atoms with van der Waals surface area (Å²) in [5.41, 5.74) is -0.643. The fourth-order valence-corrected chi connectivity index (χ4v) is 2.61. The topological polar surface area (TPSA) is 28.2 Å². The summed E-state index contributed by atoms with van der Waals surface area (Å²) in [5.74, 6) is 0.486. The Morgan fingerprint density at radius 2 is 2.05 bits per heavy atom. The van der Waals surface area contributed by atoms with Crippen molar-refractivity contribution in [3.8, 4) is 0 Å². The summed E-state index contributed by atoms with van der Waals surface area (Å²) in [6, 6.07) is 2.44. The number of nitrogens with one attached hydrogen (secondary N) is 1. The number of nitrogens with zero attached hydrogens (tertiary/aromatic N) is 2. The summed E-state index contributed by atoms with van der Waals surface area (Å²) in [6.45, 7) is 4.92. The molecule has 2 rings (SSSR count). The zero-order chi connectivity index (χ0) is 14.6. The molecule has 1 aromatic heterocycles. The van der Waals surface area contributed by atoms with Crippen molar-refractivity contribution < 1.29 is 13.2 Å². The van der Waals surface area contributed by atoms with Crippen LogP contribution in [0.5, 0.6) is 0 Å². The molecular weight excluding hydrogens is 267 g/mol. The Labute approximate surface area is 117 Å². The third-order valence-corrected chi connectivity index (χ3v) is 3.71. The summed E-state index contributed by atoms with van der Waals surface area (Å²) in [6.07, 6.45) is -0.920. The van der Waals surface area contributed by atoms with Crippen molar-refractivity contribution in [3.63, 3.8) is 0 Å². The molecule has 0 amide bonds. The maximum Gasteiger partial charge on any atom is 0.419 e. The molecule has 112 valence electrons. The molecule has 0 saturated carbocycles. The molecule has 1 aromatic rings. The monoisotopic (exact) mass is 287 g/mol. The molecule has 0 aliphatic carbocycles. The van der Waals surface area contributed by atoms with Gasteiger partial charge in [0, 0.05) is 19.3 Å². The summed E-state index contributed by atoms with van der Waals surface area (Å²) in [5, 5.41) is 3.27. The fourth-order valence-electron chi connectivity index (χ4n) is 2.61. The van der Waals surface area contributed by atoms with Crippen LogP contribution in [0.2, 0.25) is 0 Å². The van der Waals surface area contributed by atoms with Crippen molar-refractivity contribution in [3.05, 3.63) is 23.9 Å². The van der Waals surface area contributed by atoms with Gasteiger partial charge in [0.05, 0.1) is 5.56 Å². The molecule has 2 heterocycles. The second-order valence-electron chi connectivity index (χ2n) is 5.10. The zero-order valence-corrected chi connectivity index (χ0v) is 11.6. The van der Waals surface area contributed by atoms with Crippen LogP contribution in [0.15, 0.2) is 18.3 Å². The van der Waals surface area contributed by atoms with Crippen LogP contribution in [-0.2, 0) is 6.18 Å². The quantitative estimate of drug-likeness (QED) is 0.923. The van der Waals surface area contributed by atoms with E-state index in [0.29, 0.717) is 19.0 Å². The Morgan fingerprint density at radius 1 is 1.35 bits per heavy atom. The van der Waals surface area contributed by atoms with E-state index in [4.69, 9.17) is 0 Å². The normalized spacial score (nSPS) is 17.2. The molecule has 0 unspecified atom stereocenters. The van der Waals surface area contributed by atoms with E-state index in [0.717, 1.165) is 32.0 Å². The van der Waals surface area contributed by atoms with Gasteiger partial charge in [-0.1, -0.05) is 0 Å². The van der Waals surface area contributed by atoms with Crippen molar-refractivity contribution in [2.75, 3.05) is 31.1 Å². The van der Waals surface area contributed by atoms with Gasteiger partial charge in [0.25, 0.3) is 0 Å². The van der Waals surface area contributed by atoms with Gasteiger partial charge in [-0.2, -0.15) is 13.2 Å². The lowest BCUT2D eigenvalue weighted by atomic mass is 9.97. The highest BCUT2D eigenvalue weighted by Gasteiger charge is 2.35. The number of hydrogen-bond acceptors (Lipinski definition) is 3. The van der Waals surface area contributed by atoms with Crippen LogP contribution in [0.25, 0.3) is 0 Å². The molecule has 1 N–H and O–H groups in total. The Kier molecular flexibility index (Phi) is 4.86. The molecular formula is C14H20F3N3. The molecule has 6 heteroatoms. The maximum atomic E-state index is 13.0. The lowest BCUT2D eigenvalue weighted by Crippen LogP contribution is -2.37. The van der Waals surface area contributed by atoms with Gasteiger partial charge in [-0.05, 0) is 50.9 Å². The Hall–Kier alpha value is -1.30. The van der Waals surface area contributed by atoms with Crippen LogP contribution in [0.1, 0.15) is 25.3 Å². The second-order valence-corrected chi connectivity index (χ2v) is 5.10. The van der Waals surface area contributed by atoms with Crippen LogP contribution >= 0.6 is 0 Å². The lowest BCUT2D eigenvalue weighted by molar-refractivity contribution is -0.137. The molecule has 20 heavy (non-hydrogen) atoms. The number of halogens is 3. The van der Waals surface area contributed by atoms with Crippen molar-refractivity contribution in [2.45, 2.75) is 25.9 Å². The highest BCUT2D eigenvalue weighted by Crippen LogP contribution is 2.35. The van der Waals surface area contributed by atoms with E-state index in [1.807, 2.05) is 6.92 Å². The van der Waals surface area contributed by atoms with E-state index in [1.54, 1.807) is 4.90 Å². The highest BCUT2D eigenvalue weighted by molar-refractivity contribution is 5.48. The third-order valence-electron chi connectivity index (χ3n) is 3.71. The average molecular weight is 287 g/mol. The molecule has 1 aliphatic rings. The standard InChI is InChI=1S/C14H20F3N3/c1-2-20(10-11-5-8-18-9-6-11)13-12(14(15,16)17)4-3-7-19-13/h3-4,7,11,18H,2,5-6,8-10H2,1H3. The minimum absolute atomic E-state index is 0.0565. The molecule has 0 bridgehead atoms. The number of anilines is 1. The largest absolute Gasteiger partial charge is 0.419 e. The van der Waals surface area contributed by atoms with E-state index in [2.05, 4.69) is 10.3 Å². The molecule has 0 radical (unpaired) electrons. The minimum atomic E-state index is -4.36. The second kappa shape index (κ2) is 6.43. The molecule has 1 aliphatic heterocycles.